The number of hydrogen-bond donors (Lipinski definition) is 1. The van der Waals surface area contributed by atoms with Gasteiger partial charge in [-0.15, -0.1) is 0 Å². The van der Waals surface area contributed by atoms with E-state index < -0.39 is 0 Å². The summed E-state index contributed by atoms with van der Waals surface area (Å²) in [7, 11) is 0. The Balaban J connectivity index is 2.44. The smallest absolute Gasteiger partial charge is 0.239 e. The summed E-state index contributed by atoms with van der Waals surface area (Å²) in [5.41, 5.74) is 4.21. The van der Waals surface area contributed by atoms with E-state index in [-0.39, 0.29) is 12.6 Å². The topological polar surface area (TPSA) is 26.5 Å². The minimum absolute atomic E-state index is 0.203. The Kier molecular flexibility index (Phi) is 5.85. The molecular weight excluding hydrogens is 284 g/mol. The van der Waals surface area contributed by atoms with E-state index in [0.29, 0.717) is 17.8 Å². The molecule has 0 amide bonds. The van der Waals surface area contributed by atoms with Gasteiger partial charge in [-0.2, -0.15) is 0 Å². The third-order valence-electron chi connectivity index (χ3n) is 4.90. The SMILES string of the molecule is CC(C)c1cccc(C(C)C)c1N1C=[N+](C(CO)C(C)C)CC1. The molecule has 0 aromatic heterocycles. The molecular formula is C20H33N2O+. The Labute approximate surface area is 141 Å². The lowest BCUT2D eigenvalue weighted by Gasteiger charge is -2.21. The highest BCUT2D eigenvalue weighted by molar-refractivity contribution is 5.81. The lowest BCUT2D eigenvalue weighted by Crippen LogP contribution is -2.34. The van der Waals surface area contributed by atoms with E-state index >= 15 is 0 Å². The Morgan fingerprint density at radius 1 is 1.04 bits per heavy atom. The fourth-order valence-electron chi connectivity index (χ4n) is 3.48. The van der Waals surface area contributed by atoms with E-state index in [2.05, 4.69) is 75.6 Å². The zero-order valence-corrected chi connectivity index (χ0v) is 15.6. The molecule has 3 heteroatoms. The van der Waals surface area contributed by atoms with Crippen molar-refractivity contribution >= 4 is 12.0 Å². The van der Waals surface area contributed by atoms with Gasteiger partial charge in [0, 0.05) is 11.1 Å². The summed E-state index contributed by atoms with van der Waals surface area (Å²) in [4.78, 5) is 2.40. The minimum Gasteiger partial charge on any atom is -0.392 e. The van der Waals surface area contributed by atoms with Gasteiger partial charge in [-0.3, -0.25) is 4.58 Å². The fraction of sp³-hybridized carbons (Fsp3) is 0.650. The van der Waals surface area contributed by atoms with E-state index in [1.165, 1.54) is 16.8 Å². The molecule has 0 saturated heterocycles. The molecule has 1 aliphatic rings. The fourth-order valence-corrected chi connectivity index (χ4v) is 3.48. The zero-order chi connectivity index (χ0) is 17.1. The first-order valence-electron chi connectivity index (χ1n) is 8.97. The van der Waals surface area contributed by atoms with E-state index in [4.69, 9.17) is 0 Å². The molecule has 1 unspecified atom stereocenters. The quantitative estimate of drug-likeness (QED) is 0.808. The van der Waals surface area contributed by atoms with Crippen LogP contribution in [-0.4, -0.2) is 41.8 Å². The second-order valence-electron chi connectivity index (χ2n) is 7.64. The monoisotopic (exact) mass is 317 g/mol. The number of para-hydroxylation sites is 1. The van der Waals surface area contributed by atoms with Crippen LogP contribution in [0.15, 0.2) is 18.2 Å². The average molecular weight is 317 g/mol. The van der Waals surface area contributed by atoms with Crippen LogP contribution in [0.4, 0.5) is 5.69 Å². The number of aliphatic hydroxyl groups is 1. The molecule has 1 aliphatic heterocycles. The van der Waals surface area contributed by atoms with Crippen LogP contribution in [0.1, 0.15) is 64.5 Å². The third-order valence-corrected chi connectivity index (χ3v) is 4.90. The summed E-state index contributed by atoms with van der Waals surface area (Å²) in [6.45, 7) is 15.6. The summed E-state index contributed by atoms with van der Waals surface area (Å²) in [6.07, 6.45) is 2.23. The van der Waals surface area contributed by atoms with Gasteiger partial charge in [0.05, 0.1) is 6.61 Å². The van der Waals surface area contributed by atoms with Crippen LogP contribution in [0.5, 0.6) is 0 Å². The van der Waals surface area contributed by atoms with Crippen LogP contribution in [-0.2, 0) is 0 Å². The number of aliphatic hydroxyl groups excluding tert-OH is 1. The Morgan fingerprint density at radius 2 is 1.61 bits per heavy atom. The number of hydrogen-bond acceptors (Lipinski definition) is 2. The van der Waals surface area contributed by atoms with Gasteiger partial charge < -0.3 is 5.11 Å². The third kappa shape index (κ3) is 3.77. The van der Waals surface area contributed by atoms with Crippen molar-refractivity contribution in [3.63, 3.8) is 0 Å². The predicted octanol–water partition coefficient (Wildman–Crippen LogP) is 3.81. The normalized spacial score (nSPS) is 16.6. The van der Waals surface area contributed by atoms with Gasteiger partial charge in [0.1, 0.15) is 24.8 Å². The molecule has 1 N–H and O–H groups in total. The van der Waals surface area contributed by atoms with Crippen LogP contribution < -0.4 is 4.90 Å². The maximum absolute atomic E-state index is 9.72. The standard InChI is InChI=1S/C20H33N2O/c1-14(2)17-8-7-9-18(15(3)4)20(17)22-11-10-21(13-22)19(12-23)16(5)6/h7-9,13-16,19,23H,10-12H2,1-6H3/q+1. The molecule has 1 aromatic rings. The molecule has 0 bridgehead atoms. The maximum atomic E-state index is 9.72. The van der Waals surface area contributed by atoms with Crippen LogP contribution in [0.25, 0.3) is 0 Å². The molecule has 3 nitrogen and oxygen atoms in total. The van der Waals surface area contributed by atoms with E-state index in [0.717, 1.165) is 13.1 Å². The largest absolute Gasteiger partial charge is 0.392 e. The van der Waals surface area contributed by atoms with E-state index in [9.17, 15) is 5.11 Å². The van der Waals surface area contributed by atoms with Crippen LogP contribution >= 0.6 is 0 Å². The molecule has 0 fully saturated rings. The molecule has 0 spiro atoms. The van der Waals surface area contributed by atoms with Crippen molar-refractivity contribution in [2.75, 3.05) is 24.6 Å². The van der Waals surface area contributed by atoms with Crippen molar-refractivity contribution in [2.45, 2.75) is 59.4 Å². The molecule has 1 heterocycles. The first-order chi connectivity index (χ1) is 10.9. The summed E-state index contributed by atoms with van der Waals surface area (Å²) in [5, 5.41) is 9.72. The van der Waals surface area contributed by atoms with Crippen LogP contribution in [0.3, 0.4) is 0 Å². The molecule has 128 valence electrons. The summed E-state index contributed by atoms with van der Waals surface area (Å²) in [5.74, 6) is 1.45. The van der Waals surface area contributed by atoms with Gasteiger partial charge in [0.15, 0.2) is 0 Å². The summed E-state index contributed by atoms with van der Waals surface area (Å²) in [6, 6.07) is 6.91. The molecule has 0 saturated carbocycles. The number of rotatable bonds is 6. The van der Waals surface area contributed by atoms with Gasteiger partial charge >= 0.3 is 0 Å². The second-order valence-corrected chi connectivity index (χ2v) is 7.64. The average Bonchev–Trinajstić information content (AvgIpc) is 2.95. The highest BCUT2D eigenvalue weighted by Crippen LogP contribution is 2.35. The Morgan fingerprint density at radius 3 is 2.04 bits per heavy atom. The predicted molar refractivity (Wildman–Crippen MR) is 98.9 cm³/mol. The van der Waals surface area contributed by atoms with Crippen LogP contribution in [0.2, 0.25) is 0 Å². The van der Waals surface area contributed by atoms with E-state index in [1.807, 2.05) is 0 Å². The summed E-state index contributed by atoms with van der Waals surface area (Å²) < 4.78 is 2.31. The van der Waals surface area contributed by atoms with Crippen LogP contribution in [0, 0.1) is 5.92 Å². The molecule has 1 atom stereocenters. The number of benzene rings is 1. The number of anilines is 1. The molecule has 1 aromatic carbocycles. The summed E-state index contributed by atoms with van der Waals surface area (Å²) >= 11 is 0. The van der Waals surface area contributed by atoms with Gasteiger partial charge in [0.2, 0.25) is 6.34 Å². The van der Waals surface area contributed by atoms with E-state index in [1.54, 1.807) is 0 Å². The highest BCUT2D eigenvalue weighted by atomic mass is 16.3. The van der Waals surface area contributed by atoms with Crippen molar-refractivity contribution in [2.24, 2.45) is 5.92 Å². The highest BCUT2D eigenvalue weighted by Gasteiger charge is 2.31. The minimum atomic E-state index is 0.203. The Bertz CT molecular complexity index is 535. The lowest BCUT2D eigenvalue weighted by atomic mass is 9.92. The lowest BCUT2D eigenvalue weighted by molar-refractivity contribution is -0.563. The zero-order valence-electron chi connectivity index (χ0n) is 15.6. The molecule has 2 rings (SSSR count). The van der Waals surface area contributed by atoms with Crippen molar-refractivity contribution in [1.29, 1.82) is 0 Å². The van der Waals surface area contributed by atoms with Gasteiger partial charge in [0.25, 0.3) is 0 Å². The second kappa shape index (κ2) is 7.48. The van der Waals surface area contributed by atoms with Gasteiger partial charge in [-0.05, 0) is 17.8 Å². The van der Waals surface area contributed by atoms with Crippen molar-refractivity contribution in [3.05, 3.63) is 29.3 Å². The number of nitrogens with zero attached hydrogens (tertiary/aromatic N) is 2. The van der Waals surface area contributed by atoms with Gasteiger partial charge in [-0.25, -0.2) is 4.90 Å². The van der Waals surface area contributed by atoms with Crippen molar-refractivity contribution < 1.29 is 9.68 Å². The molecule has 0 aliphatic carbocycles. The maximum Gasteiger partial charge on any atom is 0.239 e. The van der Waals surface area contributed by atoms with Gasteiger partial charge in [-0.1, -0.05) is 59.7 Å². The first-order valence-corrected chi connectivity index (χ1v) is 8.97. The first kappa shape index (κ1) is 18.0. The van der Waals surface area contributed by atoms with Crippen molar-refractivity contribution in [1.82, 2.24) is 0 Å². The Hall–Kier alpha value is -1.35. The van der Waals surface area contributed by atoms with Crippen molar-refractivity contribution in [3.8, 4) is 0 Å². The molecule has 0 radical (unpaired) electrons. The molecule has 23 heavy (non-hydrogen) atoms.